The van der Waals surface area contributed by atoms with Crippen LogP contribution in [0.4, 0.5) is 0 Å². The molecule has 1 fully saturated rings. The third-order valence-electron chi connectivity index (χ3n) is 4.22. The highest BCUT2D eigenvalue weighted by molar-refractivity contribution is 5.40. The molecular formula is C18H29NO2. The van der Waals surface area contributed by atoms with Crippen molar-refractivity contribution >= 4 is 0 Å². The van der Waals surface area contributed by atoms with Crippen LogP contribution in [0.25, 0.3) is 0 Å². The Morgan fingerprint density at radius 3 is 2.52 bits per heavy atom. The van der Waals surface area contributed by atoms with E-state index in [0.29, 0.717) is 5.92 Å². The quantitative estimate of drug-likeness (QED) is 0.731. The molecule has 0 saturated carbocycles. The first-order valence-corrected chi connectivity index (χ1v) is 8.36. The number of ether oxygens (including phenoxy) is 2. The fourth-order valence-electron chi connectivity index (χ4n) is 2.90. The molecule has 1 aliphatic rings. The van der Waals surface area contributed by atoms with Gasteiger partial charge in [-0.15, -0.1) is 0 Å². The zero-order chi connectivity index (χ0) is 14.9. The van der Waals surface area contributed by atoms with Crippen LogP contribution in [-0.2, 0) is 0 Å². The third-order valence-corrected chi connectivity index (χ3v) is 4.22. The van der Waals surface area contributed by atoms with Gasteiger partial charge in [-0.05, 0) is 56.0 Å². The van der Waals surface area contributed by atoms with Crippen molar-refractivity contribution in [1.29, 1.82) is 0 Å². The van der Waals surface area contributed by atoms with Crippen molar-refractivity contribution in [3.63, 3.8) is 0 Å². The van der Waals surface area contributed by atoms with E-state index >= 15 is 0 Å². The molecule has 118 valence electrons. The second-order valence-corrected chi connectivity index (χ2v) is 5.88. The SMILES string of the molecule is CCCCCCOc1cc(OC)cc(C2CCNCC2)c1. The van der Waals surface area contributed by atoms with E-state index in [2.05, 4.69) is 24.4 Å². The summed E-state index contributed by atoms with van der Waals surface area (Å²) < 4.78 is 11.4. The van der Waals surface area contributed by atoms with Crippen LogP contribution in [0.15, 0.2) is 18.2 Å². The average molecular weight is 291 g/mol. The Morgan fingerprint density at radius 1 is 1.05 bits per heavy atom. The minimum atomic E-state index is 0.629. The molecule has 1 aromatic rings. The van der Waals surface area contributed by atoms with E-state index in [1.54, 1.807) is 7.11 Å². The van der Waals surface area contributed by atoms with Gasteiger partial charge < -0.3 is 14.8 Å². The molecule has 0 aliphatic carbocycles. The van der Waals surface area contributed by atoms with E-state index in [1.807, 2.05) is 6.07 Å². The molecule has 1 heterocycles. The number of hydrogen-bond donors (Lipinski definition) is 1. The molecule has 1 N–H and O–H groups in total. The highest BCUT2D eigenvalue weighted by atomic mass is 16.5. The topological polar surface area (TPSA) is 30.5 Å². The Morgan fingerprint density at radius 2 is 1.81 bits per heavy atom. The maximum Gasteiger partial charge on any atom is 0.123 e. The Kier molecular flexibility index (Phi) is 6.87. The van der Waals surface area contributed by atoms with Gasteiger partial charge in [0.15, 0.2) is 0 Å². The minimum absolute atomic E-state index is 0.629. The van der Waals surface area contributed by atoms with Crippen LogP contribution >= 0.6 is 0 Å². The molecule has 0 aromatic heterocycles. The zero-order valence-corrected chi connectivity index (χ0v) is 13.5. The molecular weight excluding hydrogens is 262 g/mol. The molecule has 1 aliphatic heterocycles. The van der Waals surface area contributed by atoms with Crippen molar-refractivity contribution in [3.8, 4) is 11.5 Å². The number of methoxy groups -OCH3 is 1. The first kappa shape index (κ1) is 16.2. The van der Waals surface area contributed by atoms with E-state index in [4.69, 9.17) is 9.47 Å². The van der Waals surface area contributed by atoms with Gasteiger partial charge >= 0.3 is 0 Å². The van der Waals surface area contributed by atoms with Crippen molar-refractivity contribution in [3.05, 3.63) is 23.8 Å². The summed E-state index contributed by atoms with van der Waals surface area (Å²) in [5.74, 6) is 2.50. The third kappa shape index (κ3) is 5.24. The summed E-state index contributed by atoms with van der Waals surface area (Å²) in [5, 5.41) is 3.42. The van der Waals surface area contributed by atoms with E-state index in [0.717, 1.165) is 37.6 Å². The van der Waals surface area contributed by atoms with E-state index in [1.165, 1.54) is 37.7 Å². The first-order valence-electron chi connectivity index (χ1n) is 8.36. The van der Waals surface area contributed by atoms with Crippen molar-refractivity contribution in [2.45, 2.75) is 51.4 Å². The summed E-state index contributed by atoms with van der Waals surface area (Å²) in [6.45, 7) is 5.25. The van der Waals surface area contributed by atoms with Gasteiger partial charge in [0.05, 0.1) is 13.7 Å². The Balaban J connectivity index is 1.96. The fraction of sp³-hybridized carbons (Fsp3) is 0.667. The summed E-state index contributed by atoms with van der Waals surface area (Å²) in [7, 11) is 1.73. The lowest BCUT2D eigenvalue weighted by molar-refractivity contribution is 0.302. The van der Waals surface area contributed by atoms with Gasteiger partial charge in [-0.2, -0.15) is 0 Å². The van der Waals surface area contributed by atoms with Gasteiger partial charge in [0.2, 0.25) is 0 Å². The maximum absolute atomic E-state index is 5.93. The van der Waals surface area contributed by atoms with Crippen molar-refractivity contribution in [2.24, 2.45) is 0 Å². The second-order valence-electron chi connectivity index (χ2n) is 5.88. The smallest absolute Gasteiger partial charge is 0.123 e. The maximum atomic E-state index is 5.93. The van der Waals surface area contributed by atoms with Crippen LogP contribution < -0.4 is 14.8 Å². The number of nitrogens with one attached hydrogen (secondary N) is 1. The van der Waals surface area contributed by atoms with E-state index in [9.17, 15) is 0 Å². The second kappa shape index (κ2) is 8.93. The van der Waals surface area contributed by atoms with Crippen molar-refractivity contribution in [2.75, 3.05) is 26.8 Å². The number of rotatable bonds is 8. The van der Waals surface area contributed by atoms with E-state index < -0.39 is 0 Å². The predicted molar refractivity (Wildman–Crippen MR) is 87.5 cm³/mol. The van der Waals surface area contributed by atoms with Gasteiger partial charge in [0.25, 0.3) is 0 Å². The van der Waals surface area contributed by atoms with Crippen LogP contribution in [-0.4, -0.2) is 26.8 Å². The summed E-state index contributed by atoms with van der Waals surface area (Å²) in [6.07, 6.45) is 7.34. The van der Waals surface area contributed by atoms with Gasteiger partial charge in [-0.25, -0.2) is 0 Å². The first-order chi connectivity index (χ1) is 10.3. The molecule has 2 rings (SSSR count). The Labute approximate surface area is 129 Å². The predicted octanol–water partition coefficient (Wildman–Crippen LogP) is 4.12. The van der Waals surface area contributed by atoms with Crippen molar-refractivity contribution < 1.29 is 9.47 Å². The lowest BCUT2D eigenvalue weighted by Crippen LogP contribution is -2.26. The molecule has 0 bridgehead atoms. The highest BCUT2D eigenvalue weighted by Gasteiger charge is 2.17. The van der Waals surface area contributed by atoms with Crippen LogP contribution in [0.2, 0.25) is 0 Å². The largest absolute Gasteiger partial charge is 0.497 e. The normalized spacial score (nSPS) is 15.9. The van der Waals surface area contributed by atoms with Gasteiger partial charge in [-0.3, -0.25) is 0 Å². The number of unbranched alkanes of at least 4 members (excludes halogenated alkanes) is 3. The van der Waals surface area contributed by atoms with Crippen LogP contribution in [0.5, 0.6) is 11.5 Å². The molecule has 1 aromatic carbocycles. The molecule has 1 saturated heterocycles. The summed E-state index contributed by atoms with van der Waals surface area (Å²) >= 11 is 0. The standard InChI is InChI=1S/C18H29NO2/c1-3-4-5-6-11-21-18-13-16(12-17(14-18)20-2)15-7-9-19-10-8-15/h12-15,19H,3-11H2,1-2H3. The van der Waals surface area contributed by atoms with Crippen LogP contribution in [0.3, 0.4) is 0 Å². The number of benzene rings is 1. The molecule has 3 heteroatoms. The molecule has 0 spiro atoms. The summed E-state index contributed by atoms with van der Waals surface area (Å²) in [6, 6.07) is 6.38. The number of piperidine rings is 1. The molecule has 0 radical (unpaired) electrons. The van der Waals surface area contributed by atoms with Crippen LogP contribution in [0.1, 0.15) is 56.9 Å². The zero-order valence-electron chi connectivity index (χ0n) is 13.5. The summed E-state index contributed by atoms with van der Waals surface area (Å²) in [4.78, 5) is 0. The highest BCUT2D eigenvalue weighted by Crippen LogP contribution is 2.32. The van der Waals surface area contributed by atoms with Crippen molar-refractivity contribution in [1.82, 2.24) is 5.32 Å². The molecule has 0 amide bonds. The summed E-state index contributed by atoms with van der Waals surface area (Å²) in [5.41, 5.74) is 1.36. The molecule has 0 atom stereocenters. The minimum Gasteiger partial charge on any atom is -0.497 e. The van der Waals surface area contributed by atoms with E-state index in [-0.39, 0.29) is 0 Å². The lowest BCUT2D eigenvalue weighted by atomic mass is 9.90. The molecule has 3 nitrogen and oxygen atoms in total. The molecule has 0 unspecified atom stereocenters. The Bertz CT molecular complexity index is 414. The number of hydrogen-bond acceptors (Lipinski definition) is 3. The van der Waals surface area contributed by atoms with Gasteiger partial charge in [-0.1, -0.05) is 26.2 Å². The lowest BCUT2D eigenvalue weighted by Gasteiger charge is -2.24. The monoisotopic (exact) mass is 291 g/mol. The van der Waals surface area contributed by atoms with Gasteiger partial charge in [0.1, 0.15) is 11.5 Å². The molecule has 21 heavy (non-hydrogen) atoms. The van der Waals surface area contributed by atoms with Gasteiger partial charge in [0, 0.05) is 6.07 Å². The average Bonchev–Trinajstić information content (AvgIpc) is 2.55. The Hall–Kier alpha value is -1.22. The van der Waals surface area contributed by atoms with Crippen LogP contribution in [0, 0.1) is 0 Å². The fourth-order valence-corrected chi connectivity index (χ4v) is 2.90.